The highest BCUT2D eigenvalue weighted by Crippen LogP contribution is 2.39. The first kappa shape index (κ1) is 26.2. The van der Waals surface area contributed by atoms with E-state index in [4.69, 9.17) is 30.5 Å². The molecule has 16 heteroatoms. The molecule has 2 aromatic heterocycles. The van der Waals surface area contributed by atoms with E-state index < -0.39 is 19.9 Å². The molecule has 0 aliphatic rings. The van der Waals surface area contributed by atoms with Gasteiger partial charge >= 0.3 is 6.01 Å². The molecule has 0 radical (unpaired) electrons. The van der Waals surface area contributed by atoms with E-state index >= 15 is 0 Å². The Bertz CT molecular complexity index is 1400. The minimum atomic E-state index is -3.72. The molecule has 35 heavy (non-hydrogen) atoms. The van der Waals surface area contributed by atoms with Crippen LogP contribution in [0.2, 0.25) is 5.02 Å². The van der Waals surface area contributed by atoms with Crippen molar-refractivity contribution in [2.75, 3.05) is 37.6 Å². The maximum absolute atomic E-state index is 11.8. The number of nitrogens with one attached hydrogen (secondary N) is 1. The number of hydrogen-bond acceptors (Lipinski definition) is 12. The number of methoxy groups -OCH3 is 1. The second kappa shape index (κ2) is 10.9. The molecule has 1 aromatic carbocycles. The normalized spacial score (nSPS) is 11.5. The third kappa shape index (κ3) is 7.53. The summed E-state index contributed by atoms with van der Waals surface area (Å²) in [6.07, 6.45) is 5.30. The van der Waals surface area contributed by atoms with Crippen molar-refractivity contribution in [1.82, 2.24) is 19.9 Å². The van der Waals surface area contributed by atoms with Gasteiger partial charge in [-0.1, -0.05) is 11.6 Å². The predicted octanol–water partition coefficient (Wildman–Crippen LogP) is 1.95. The van der Waals surface area contributed by atoms with Gasteiger partial charge in [-0.3, -0.25) is 4.72 Å². The summed E-state index contributed by atoms with van der Waals surface area (Å²) < 4.78 is 70.7. The molecule has 13 nitrogen and oxygen atoms in total. The van der Waals surface area contributed by atoms with E-state index in [1.165, 1.54) is 19.2 Å². The predicted molar refractivity (Wildman–Crippen MR) is 125 cm³/mol. The Hall–Kier alpha value is -3.43. The monoisotopic (exact) mass is 545 g/mol. The minimum Gasteiger partial charge on any atom is -0.497 e. The van der Waals surface area contributed by atoms with Crippen LogP contribution in [0.3, 0.4) is 0 Å². The number of halogens is 1. The Morgan fingerprint density at radius 3 is 2.29 bits per heavy atom. The number of benzene rings is 1. The van der Waals surface area contributed by atoms with E-state index in [0.717, 1.165) is 31.2 Å². The van der Waals surface area contributed by atoms with E-state index in [2.05, 4.69) is 24.7 Å². The van der Waals surface area contributed by atoms with Crippen molar-refractivity contribution in [3.63, 3.8) is 0 Å². The van der Waals surface area contributed by atoms with Crippen LogP contribution >= 0.6 is 11.6 Å². The lowest BCUT2D eigenvalue weighted by molar-refractivity contribution is 0.197. The smallest absolute Gasteiger partial charge is 0.316 e. The molecule has 0 bridgehead atoms. The van der Waals surface area contributed by atoms with Crippen LogP contribution in [0.4, 0.5) is 5.82 Å². The van der Waals surface area contributed by atoms with Gasteiger partial charge in [-0.15, -0.1) is 0 Å². The summed E-state index contributed by atoms with van der Waals surface area (Å²) in [5, 5.41) is 0.212. The van der Waals surface area contributed by atoms with Crippen LogP contribution in [-0.4, -0.2) is 69.6 Å². The molecular formula is C19H20ClN5O8S2. The molecule has 0 saturated heterocycles. The van der Waals surface area contributed by atoms with Crippen LogP contribution in [0.25, 0.3) is 0 Å². The number of rotatable bonds is 11. The zero-order chi connectivity index (χ0) is 25.6. The molecule has 0 aliphatic carbocycles. The van der Waals surface area contributed by atoms with Crippen molar-refractivity contribution in [1.29, 1.82) is 0 Å². The molecule has 0 spiro atoms. The van der Waals surface area contributed by atoms with Crippen LogP contribution in [0.5, 0.6) is 29.1 Å². The standard InChI is InChI=1S/C19H20ClN5O8S2/c1-30-12-4-5-14(20)15(8-12)33-16-17(25-35(3,28)29)23-11-24-18(16)31-6-7-32-19-21-9-13(10-22-19)34(2,26)27/h4-5,8-11H,6-7H2,1-3H3,(H,23,24,25). The Morgan fingerprint density at radius 1 is 0.971 bits per heavy atom. The second-order valence-corrected chi connectivity index (χ2v) is 11.0. The van der Waals surface area contributed by atoms with E-state index in [1.54, 1.807) is 6.07 Å². The fraction of sp³-hybridized carbons (Fsp3) is 0.263. The minimum absolute atomic E-state index is 0.0500. The highest BCUT2D eigenvalue weighted by molar-refractivity contribution is 7.92. The van der Waals surface area contributed by atoms with E-state index in [-0.39, 0.29) is 52.3 Å². The number of nitrogens with zero attached hydrogens (tertiary/aromatic N) is 4. The zero-order valence-corrected chi connectivity index (χ0v) is 21.0. The van der Waals surface area contributed by atoms with Crippen molar-refractivity contribution in [3.8, 4) is 29.1 Å². The lowest BCUT2D eigenvalue weighted by Crippen LogP contribution is -2.15. The van der Waals surface area contributed by atoms with Gasteiger partial charge in [0.1, 0.15) is 35.9 Å². The molecule has 188 valence electrons. The molecule has 0 amide bonds. The average molecular weight is 546 g/mol. The molecule has 2 heterocycles. The van der Waals surface area contributed by atoms with Crippen LogP contribution < -0.4 is 23.7 Å². The van der Waals surface area contributed by atoms with Crippen LogP contribution in [0.1, 0.15) is 0 Å². The average Bonchev–Trinajstić information content (AvgIpc) is 2.78. The van der Waals surface area contributed by atoms with Crippen molar-refractivity contribution < 1.29 is 35.8 Å². The number of ether oxygens (including phenoxy) is 4. The van der Waals surface area contributed by atoms with Gasteiger partial charge in [0.15, 0.2) is 15.7 Å². The van der Waals surface area contributed by atoms with Gasteiger partial charge in [-0.2, -0.15) is 4.98 Å². The molecule has 0 unspecified atom stereocenters. The van der Waals surface area contributed by atoms with Crippen LogP contribution in [0, 0.1) is 0 Å². The number of aromatic nitrogens is 4. The van der Waals surface area contributed by atoms with Gasteiger partial charge in [0.05, 0.1) is 30.8 Å². The Kier molecular flexibility index (Phi) is 8.14. The fourth-order valence-electron chi connectivity index (χ4n) is 2.44. The second-order valence-electron chi connectivity index (χ2n) is 6.80. The maximum atomic E-state index is 11.8. The third-order valence-corrected chi connectivity index (χ3v) is 5.93. The van der Waals surface area contributed by atoms with Gasteiger partial charge < -0.3 is 18.9 Å². The van der Waals surface area contributed by atoms with Gasteiger partial charge in [0.25, 0.3) is 5.88 Å². The van der Waals surface area contributed by atoms with Gasteiger partial charge in [0, 0.05) is 12.3 Å². The molecule has 3 aromatic rings. The quantitative estimate of drug-likeness (QED) is 0.348. The Labute approximate surface area is 206 Å². The first-order chi connectivity index (χ1) is 16.5. The van der Waals surface area contributed by atoms with Crippen molar-refractivity contribution in [3.05, 3.63) is 41.9 Å². The first-order valence-electron chi connectivity index (χ1n) is 9.58. The first-order valence-corrected chi connectivity index (χ1v) is 13.7. The topological polar surface area (TPSA) is 169 Å². The van der Waals surface area contributed by atoms with Crippen molar-refractivity contribution in [2.45, 2.75) is 4.90 Å². The highest BCUT2D eigenvalue weighted by Gasteiger charge is 2.20. The maximum Gasteiger partial charge on any atom is 0.316 e. The summed E-state index contributed by atoms with van der Waals surface area (Å²) in [6.45, 7) is -0.148. The van der Waals surface area contributed by atoms with E-state index in [0.29, 0.717) is 5.75 Å². The SMILES string of the molecule is COc1ccc(Cl)c(Oc2c(NS(C)(=O)=O)ncnc2OCCOc2ncc(S(C)(=O)=O)cn2)c1. The Balaban J connectivity index is 1.78. The van der Waals surface area contributed by atoms with E-state index in [9.17, 15) is 16.8 Å². The third-order valence-electron chi connectivity index (χ3n) is 3.99. The van der Waals surface area contributed by atoms with Crippen molar-refractivity contribution in [2.24, 2.45) is 0 Å². The van der Waals surface area contributed by atoms with E-state index in [1.807, 2.05) is 0 Å². The summed E-state index contributed by atoms with van der Waals surface area (Å²) in [6, 6.07) is 4.57. The summed E-state index contributed by atoms with van der Waals surface area (Å²) in [4.78, 5) is 15.5. The molecule has 0 fully saturated rings. The van der Waals surface area contributed by atoms with Crippen LogP contribution in [0.15, 0.2) is 41.8 Å². The molecular weight excluding hydrogens is 526 g/mol. The Morgan fingerprint density at radius 2 is 1.66 bits per heavy atom. The molecule has 1 N–H and O–H groups in total. The number of sulfone groups is 1. The number of sulfonamides is 1. The van der Waals surface area contributed by atoms with Crippen LogP contribution in [-0.2, 0) is 19.9 Å². The zero-order valence-electron chi connectivity index (χ0n) is 18.6. The summed E-state index contributed by atoms with van der Waals surface area (Å²) >= 11 is 6.20. The lowest BCUT2D eigenvalue weighted by Gasteiger charge is -2.16. The fourth-order valence-corrected chi connectivity index (χ4v) is 3.58. The highest BCUT2D eigenvalue weighted by atomic mass is 35.5. The summed E-state index contributed by atoms with van der Waals surface area (Å²) in [5.74, 6) is 0.135. The van der Waals surface area contributed by atoms with Gasteiger partial charge in [0.2, 0.25) is 15.8 Å². The largest absolute Gasteiger partial charge is 0.497 e. The van der Waals surface area contributed by atoms with Crippen molar-refractivity contribution >= 4 is 37.3 Å². The molecule has 0 aliphatic heterocycles. The van der Waals surface area contributed by atoms with Gasteiger partial charge in [-0.25, -0.2) is 31.8 Å². The number of hydrogen-bond donors (Lipinski definition) is 1. The molecule has 0 atom stereocenters. The summed E-state index contributed by atoms with van der Waals surface area (Å²) in [7, 11) is -5.70. The van der Waals surface area contributed by atoms with Gasteiger partial charge in [-0.05, 0) is 12.1 Å². The lowest BCUT2D eigenvalue weighted by atomic mass is 10.3. The summed E-state index contributed by atoms with van der Waals surface area (Å²) in [5.41, 5.74) is 0. The molecule has 0 saturated carbocycles. The molecule has 3 rings (SSSR count). The number of anilines is 1.